The molecule has 0 aromatic carbocycles. The standard InChI is InChI=1S/C21H35N3O4.C2HF3O2/c1-22-12-14-23(15-13-22)18(25)16-17-6-10-24(11-7-17)19(26)21(20(27)28)8-4-2-3-5-9-21;3-2(4,5)1(6)7/h17H,2-16H2,1H3,(H,27,28);(H,6,7). The summed E-state index contributed by atoms with van der Waals surface area (Å²) in [4.78, 5) is 52.6. The van der Waals surface area contributed by atoms with Crippen LogP contribution in [0.3, 0.4) is 0 Å². The molecule has 0 aromatic heterocycles. The van der Waals surface area contributed by atoms with E-state index in [1.165, 1.54) is 0 Å². The summed E-state index contributed by atoms with van der Waals surface area (Å²) >= 11 is 0. The molecule has 1 saturated carbocycles. The molecule has 2 aliphatic heterocycles. The molecule has 0 aromatic rings. The first-order valence-electron chi connectivity index (χ1n) is 12.2. The largest absolute Gasteiger partial charge is 0.490 e. The lowest BCUT2D eigenvalue weighted by molar-refractivity contribution is -0.192. The van der Waals surface area contributed by atoms with Crippen LogP contribution < -0.4 is 0 Å². The minimum Gasteiger partial charge on any atom is -0.480 e. The number of nitrogens with zero attached hydrogens (tertiary/aromatic N) is 3. The number of carboxylic acids is 2. The van der Waals surface area contributed by atoms with Crippen molar-refractivity contribution in [2.24, 2.45) is 11.3 Å². The average Bonchev–Trinajstić information content (AvgIpc) is 3.06. The molecule has 9 nitrogen and oxygen atoms in total. The second-order valence-corrected chi connectivity index (χ2v) is 9.73. The Morgan fingerprint density at radius 1 is 0.829 bits per heavy atom. The first-order valence-corrected chi connectivity index (χ1v) is 12.2. The van der Waals surface area contributed by atoms with Crippen LogP contribution in [0.15, 0.2) is 0 Å². The number of hydrogen-bond acceptors (Lipinski definition) is 5. The SMILES string of the molecule is CN1CCN(C(=O)CC2CCN(C(=O)C3(C(=O)O)CCCCCC3)CC2)CC1.O=C(O)C(F)(F)F. The van der Waals surface area contributed by atoms with Crippen molar-refractivity contribution < 1.29 is 42.6 Å². The monoisotopic (exact) mass is 507 g/mol. The lowest BCUT2D eigenvalue weighted by Crippen LogP contribution is -2.51. The number of carbonyl (C=O) groups excluding carboxylic acids is 2. The Morgan fingerprint density at radius 3 is 1.74 bits per heavy atom. The average molecular weight is 508 g/mol. The Labute approximate surface area is 203 Å². The van der Waals surface area contributed by atoms with Crippen LogP contribution in [0.25, 0.3) is 0 Å². The van der Waals surface area contributed by atoms with Gasteiger partial charge in [-0.2, -0.15) is 13.2 Å². The summed E-state index contributed by atoms with van der Waals surface area (Å²) in [6, 6.07) is 0. The summed E-state index contributed by atoms with van der Waals surface area (Å²) in [5.74, 6) is -3.38. The van der Waals surface area contributed by atoms with Gasteiger partial charge in [0.25, 0.3) is 0 Å². The number of alkyl halides is 3. The van der Waals surface area contributed by atoms with Crippen LogP contribution >= 0.6 is 0 Å². The number of likely N-dealkylation sites (N-methyl/N-ethyl adjacent to an activating group) is 1. The van der Waals surface area contributed by atoms with Crippen molar-refractivity contribution in [3.05, 3.63) is 0 Å². The number of carbonyl (C=O) groups is 4. The molecule has 0 radical (unpaired) electrons. The van der Waals surface area contributed by atoms with E-state index in [9.17, 15) is 32.7 Å². The highest BCUT2D eigenvalue weighted by atomic mass is 19.4. The van der Waals surface area contributed by atoms with Crippen molar-refractivity contribution >= 4 is 23.8 Å². The highest BCUT2D eigenvalue weighted by Gasteiger charge is 2.48. The predicted molar refractivity (Wildman–Crippen MR) is 119 cm³/mol. The Kier molecular flexibility index (Phi) is 10.3. The number of piperazine rings is 1. The van der Waals surface area contributed by atoms with Crippen molar-refractivity contribution in [2.45, 2.75) is 64.0 Å². The number of carboxylic acid groups (broad SMARTS) is 2. The van der Waals surface area contributed by atoms with E-state index in [1.54, 1.807) is 4.90 Å². The number of amides is 2. The van der Waals surface area contributed by atoms with Crippen LogP contribution in [0.5, 0.6) is 0 Å². The van der Waals surface area contributed by atoms with Crippen LogP contribution in [0.4, 0.5) is 13.2 Å². The highest BCUT2D eigenvalue weighted by molar-refractivity contribution is 6.02. The zero-order chi connectivity index (χ0) is 26.2. The molecule has 3 fully saturated rings. The summed E-state index contributed by atoms with van der Waals surface area (Å²) in [7, 11) is 2.08. The topological polar surface area (TPSA) is 118 Å². The number of piperidine rings is 1. The molecule has 2 N–H and O–H groups in total. The van der Waals surface area contributed by atoms with E-state index in [2.05, 4.69) is 11.9 Å². The van der Waals surface area contributed by atoms with Gasteiger partial charge in [0.2, 0.25) is 11.8 Å². The van der Waals surface area contributed by atoms with Gasteiger partial charge in [-0.25, -0.2) is 4.79 Å². The molecule has 2 amide bonds. The van der Waals surface area contributed by atoms with Gasteiger partial charge in [0.05, 0.1) is 0 Å². The lowest BCUT2D eigenvalue weighted by Gasteiger charge is -2.38. The third-order valence-electron chi connectivity index (χ3n) is 7.24. The maximum absolute atomic E-state index is 13.1. The Bertz CT molecular complexity index is 752. The smallest absolute Gasteiger partial charge is 0.480 e. The minimum absolute atomic E-state index is 0.189. The van der Waals surface area contributed by atoms with Crippen molar-refractivity contribution in [3.8, 4) is 0 Å². The summed E-state index contributed by atoms with van der Waals surface area (Å²) in [5, 5.41) is 17.0. The van der Waals surface area contributed by atoms with Crippen LogP contribution in [0.1, 0.15) is 57.8 Å². The number of halogens is 3. The van der Waals surface area contributed by atoms with E-state index in [4.69, 9.17) is 9.90 Å². The molecule has 3 rings (SSSR count). The molecule has 1 aliphatic carbocycles. The molecule has 3 aliphatic rings. The van der Waals surface area contributed by atoms with Crippen molar-refractivity contribution in [1.29, 1.82) is 0 Å². The zero-order valence-electron chi connectivity index (χ0n) is 20.2. The van der Waals surface area contributed by atoms with Gasteiger partial charge in [0.1, 0.15) is 5.41 Å². The normalized spacial score (nSPS) is 21.9. The third kappa shape index (κ3) is 8.08. The zero-order valence-corrected chi connectivity index (χ0v) is 20.2. The van der Waals surface area contributed by atoms with E-state index in [-0.39, 0.29) is 11.8 Å². The van der Waals surface area contributed by atoms with Gasteiger partial charge in [-0.1, -0.05) is 25.7 Å². The molecule has 35 heavy (non-hydrogen) atoms. The summed E-state index contributed by atoms with van der Waals surface area (Å²) in [5.41, 5.74) is -1.22. The molecule has 0 unspecified atom stereocenters. The first-order chi connectivity index (χ1) is 16.4. The molecule has 2 saturated heterocycles. The number of aliphatic carboxylic acids is 2. The molecule has 0 spiro atoms. The molecule has 0 atom stereocenters. The first kappa shape index (κ1) is 28.9. The van der Waals surface area contributed by atoms with Crippen LogP contribution in [0.2, 0.25) is 0 Å². The van der Waals surface area contributed by atoms with E-state index >= 15 is 0 Å². The van der Waals surface area contributed by atoms with Gasteiger partial charge < -0.3 is 24.9 Å². The fourth-order valence-corrected chi connectivity index (χ4v) is 4.93. The summed E-state index contributed by atoms with van der Waals surface area (Å²) in [6.07, 6.45) is 1.63. The van der Waals surface area contributed by atoms with Gasteiger partial charge in [0, 0.05) is 45.7 Å². The Morgan fingerprint density at radius 2 is 1.31 bits per heavy atom. The van der Waals surface area contributed by atoms with Crippen LogP contribution in [-0.4, -0.2) is 101 Å². The molecular formula is C23H36F3N3O6. The fraction of sp³-hybridized carbons (Fsp3) is 0.826. The van der Waals surface area contributed by atoms with Gasteiger partial charge in [0.15, 0.2) is 0 Å². The fourth-order valence-electron chi connectivity index (χ4n) is 4.93. The molecule has 200 valence electrons. The van der Waals surface area contributed by atoms with Gasteiger partial charge in [-0.3, -0.25) is 14.4 Å². The van der Waals surface area contributed by atoms with Crippen molar-refractivity contribution in [2.75, 3.05) is 46.3 Å². The molecule has 0 bridgehead atoms. The number of likely N-dealkylation sites (tertiary alicyclic amines) is 1. The van der Waals surface area contributed by atoms with E-state index in [0.717, 1.165) is 64.7 Å². The van der Waals surface area contributed by atoms with E-state index < -0.39 is 23.5 Å². The van der Waals surface area contributed by atoms with Gasteiger partial charge >= 0.3 is 18.1 Å². The van der Waals surface area contributed by atoms with Gasteiger partial charge in [-0.05, 0) is 38.6 Å². The summed E-state index contributed by atoms with van der Waals surface area (Å²) in [6.45, 7) is 4.61. The number of hydrogen-bond donors (Lipinski definition) is 2. The maximum atomic E-state index is 13.1. The van der Waals surface area contributed by atoms with Crippen molar-refractivity contribution in [1.82, 2.24) is 14.7 Å². The highest BCUT2D eigenvalue weighted by Crippen LogP contribution is 2.38. The second kappa shape index (κ2) is 12.5. The molecule has 2 heterocycles. The van der Waals surface area contributed by atoms with E-state index in [1.807, 2.05) is 4.90 Å². The number of rotatable bonds is 4. The predicted octanol–water partition coefficient (Wildman–Crippen LogP) is 2.45. The lowest BCUT2D eigenvalue weighted by atomic mass is 9.78. The van der Waals surface area contributed by atoms with E-state index in [0.29, 0.717) is 38.3 Å². The molecule has 12 heteroatoms. The third-order valence-corrected chi connectivity index (χ3v) is 7.24. The second-order valence-electron chi connectivity index (χ2n) is 9.73. The minimum atomic E-state index is -5.08. The van der Waals surface area contributed by atoms with Gasteiger partial charge in [-0.15, -0.1) is 0 Å². The van der Waals surface area contributed by atoms with Crippen LogP contribution in [-0.2, 0) is 19.2 Å². The van der Waals surface area contributed by atoms with Crippen LogP contribution in [0, 0.1) is 11.3 Å². The quantitative estimate of drug-likeness (QED) is 0.443. The summed E-state index contributed by atoms with van der Waals surface area (Å²) < 4.78 is 31.7. The Balaban J connectivity index is 0.000000540. The maximum Gasteiger partial charge on any atom is 0.490 e. The molecular weight excluding hydrogens is 471 g/mol. The van der Waals surface area contributed by atoms with Crippen molar-refractivity contribution in [3.63, 3.8) is 0 Å². The Hall–Kier alpha value is -2.37.